The van der Waals surface area contributed by atoms with Crippen LogP contribution in [0, 0.1) is 0 Å². The minimum absolute atomic E-state index is 0.114. The highest BCUT2D eigenvalue weighted by molar-refractivity contribution is 6.01. The molecule has 2 aromatic carbocycles. The molecule has 0 bridgehead atoms. The highest BCUT2D eigenvalue weighted by atomic mass is 16.3. The Morgan fingerprint density at radius 1 is 1.11 bits per heavy atom. The number of anilines is 1. The monoisotopic (exact) mass is 375 g/mol. The number of furan rings is 1. The smallest absolute Gasteiger partial charge is 0.323 e. The summed E-state index contributed by atoms with van der Waals surface area (Å²) in [6.45, 7) is -0.222. The number of para-hydroxylation sites is 1. The zero-order valence-corrected chi connectivity index (χ0v) is 14.4. The van der Waals surface area contributed by atoms with E-state index in [9.17, 15) is 14.4 Å². The zero-order valence-electron chi connectivity index (χ0n) is 14.4. The van der Waals surface area contributed by atoms with E-state index in [0.29, 0.717) is 27.8 Å². The van der Waals surface area contributed by atoms with E-state index in [1.165, 1.54) is 10.9 Å². The molecule has 0 aliphatic carbocycles. The maximum Gasteiger partial charge on any atom is 0.323 e. The number of benzene rings is 2. The second-order valence-corrected chi connectivity index (χ2v) is 6.34. The molecule has 0 spiro atoms. The van der Waals surface area contributed by atoms with Gasteiger partial charge in [0, 0.05) is 11.1 Å². The van der Waals surface area contributed by atoms with Gasteiger partial charge < -0.3 is 19.7 Å². The van der Waals surface area contributed by atoms with Crippen molar-refractivity contribution in [2.24, 2.45) is 0 Å². The third-order valence-electron chi connectivity index (χ3n) is 4.46. The van der Waals surface area contributed by atoms with Crippen molar-refractivity contribution in [2.75, 3.05) is 5.32 Å². The van der Waals surface area contributed by atoms with E-state index >= 15 is 0 Å². The van der Waals surface area contributed by atoms with E-state index in [2.05, 4.69) is 20.3 Å². The zero-order chi connectivity index (χ0) is 19.3. The van der Waals surface area contributed by atoms with Gasteiger partial charge in [-0.2, -0.15) is 0 Å². The molecule has 5 aromatic rings. The Morgan fingerprint density at radius 3 is 2.82 bits per heavy atom. The summed E-state index contributed by atoms with van der Waals surface area (Å²) in [6, 6.07) is 12.2. The predicted octanol–water partition coefficient (Wildman–Crippen LogP) is 1.95. The summed E-state index contributed by atoms with van der Waals surface area (Å²) in [7, 11) is 0. The maximum atomic E-state index is 12.7. The van der Waals surface area contributed by atoms with Crippen molar-refractivity contribution in [2.45, 2.75) is 6.54 Å². The van der Waals surface area contributed by atoms with E-state index in [1.807, 2.05) is 18.2 Å². The van der Waals surface area contributed by atoms with Crippen molar-refractivity contribution in [3.05, 3.63) is 69.6 Å². The van der Waals surface area contributed by atoms with Gasteiger partial charge in [0.25, 0.3) is 5.56 Å². The molecule has 0 saturated carbocycles. The van der Waals surface area contributed by atoms with Gasteiger partial charge in [-0.25, -0.2) is 9.78 Å². The fraction of sp³-hybridized carbons (Fsp3) is 0.0526. The molecule has 3 aromatic heterocycles. The summed E-state index contributed by atoms with van der Waals surface area (Å²) in [5.74, 6) is -0.406. The Labute approximate surface area is 155 Å². The van der Waals surface area contributed by atoms with Gasteiger partial charge >= 0.3 is 5.69 Å². The number of fused-ring (bicyclic) bond motifs is 4. The van der Waals surface area contributed by atoms with Gasteiger partial charge in [-0.1, -0.05) is 12.1 Å². The number of amides is 1. The topological polar surface area (TPSA) is 126 Å². The second kappa shape index (κ2) is 5.95. The fourth-order valence-corrected chi connectivity index (χ4v) is 3.19. The fourth-order valence-electron chi connectivity index (χ4n) is 3.19. The number of hydrogen-bond donors (Lipinski definition) is 3. The first-order chi connectivity index (χ1) is 13.6. The van der Waals surface area contributed by atoms with Crippen molar-refractivity contribution in [3.8, 4) is 0 Å². The van der Waals surface area contributed by atoms with Crippen molar-refractivity contribution in [1.29, 1.82) is 0 Å². The number of carbonyl (C=O) groups is 1. The molecule has 9 heteroatoms. The summed E-state index contributed by atoms with van der Waals surface area (Å²) in [5, 5.41) is 3.45. The van der Waals surface area contributed by atoms with Crippen LogP contribution in [0.4, 0.5) is 5.69 Å². The van der Waals surface area contributed by atoms with Crippen LogP contribution in [0.2, 0.25) is 0 Å². The van der Waals surface area contributed by atoms with Crippen LogP contribution in [-0.4, -0.2) is 25.4 Å². The third kappa shape index (κ3) is 2.57. The molecule has 0 saturated heterocycles. The molecule has 0 aliphatic heterocycles. The van der Waals surface area contributed by atoms with E-state index in [-0.39, 0.29) is 17.8 Å². The molecule has 138 valence electrons. The van der Waals surface area contributed by atoms with Gasteiger partial charge in [0.2, 0.25) is 11.5 Å². The molecule has 0 unspecified atom stereocenters. The molecule has 0 atom stereocenters. The highest BCUT2D eigenvalue weighted by Gasteiger charge is 2.14. The van der Waals surface area contributed by atoms with Crippen LogP contribution in [0.3, 0.4) is 0 Å². The van der Waals surface area contributed by atoms with Gasteiger partial charge in [-0.3, -0.25) is 14.2 Å². The van der Waals surface area contributed by atoms with E-state index in [0.717, 1.165) is 5.39 Å². The first-order valence-electron chi connectivity index (χ1n) is 8.47. The van der Waals surface area contributed by atoms with Crippen molar-refractivity contribution in [1.82, 2.24) is 19.5 Å². The normalized spacial score (nSPS) is 11.4. The van der Waals surface area contributed by atoms with Gasteiger partial charge in [-0.05, 0) is 30.3 Å². The van der Waals surface area contributed by atoms with Crippen LogP contribution in [0.5, 0.6) is 0 Å². The SMILES string of the molecule is O=C(Cn1cnc2c(oc3ccccc32)c1=O)Nc1ccc2[nH]c(=O)[nH]c2c1. The van der Waals surface area contributed by atoms with Crippen LogP contribution in [0.15, 0.2) is 62.8 Å². The van der Waals surface area contributed by atoms with Crippen molar-refractivity contribution in [3.63, 3.8) is 0 Å². The lowest BCUT2D eigenvalue weighted by Crippen LogP contribution is -2.27. The van der Waals surface area contributed by atoms with Crippen molar-refractivity contribution < 1.29 is 9.21 Å². The standard InChI is InChI=1S/C19H13N5O4/c25-15(21-10-5-6-12-13(7-10)23-19(27)22-12)8-24-9-20-16-11-3-1-2-4-14(11)28-17(16)18(24)26/h1-7,9H,8H2,(H,21,25)(H2,22,23,27). The lowest BCUT2D eigenvalue weighted by atomic mass is 10.2. The van der Waals surface area contributed by atoms with Gasteiger partial charge in [0.05, 0.1) is 17.4 Å². The summed E-state index contributed by atoms with van der Waals surface area (Å²) in [6.07, 6.45) is 1.33. The largest absolute Gasteiger partial charge is 0.448 e. The minimum atomic E-state index is -0.429. The van der Waals surface area contributed by atoms with Crippen LogP contribution < -0.4 is 16.6 Å². The molecule has 5 rings (SSSR count). The second-order valence-electron chi connectivity index (χ2n) is 6.34. The Balaban J connectivity index is 1.44. The van der Waals surface area contributed by atoms with E-state index < -0.39 is 11.5 Å². The number of nitrogens with zero attached hydrogens (tertiary/aromatic N) is 2. The van der Waals surface area contributed by atoms with Gasteiger partial charge in [-0.15, -0.1) is 0 Å². The molecule has 3 heterocycles. The molecule has 0 aliphatic rings. The first-order valence-corrected chi connectivity index (χ1v) is 8.47. The number of nitrogens with one attached hydrogen (secondary N) is 3. The van der Waals surface area contributed by atoms with Crippen LogP contribution >= 0.6 is 0 Å². The van der Waals surface area contributed by atoms with Crippen LogP contribution in [-0.2, 0) is 11.3 Å². The van der Waals surface area contributed by atoms with Crippen LogP contribution in [0.25, 0.3) is 33.1 Å². The molecule has 0 radical (unpaired) electrons. The minimum Gasteiger partial charge on any atom is -0.448 e. The Kier molecular flexibility index (Phi) is 3.41. The van der Waals surface area contributed by atoms with Crippen molar-refractivity contribution >= 4 is 44.7 Å². The average molecular weight is 375 g/mol. The molecule has 28 heavy (non-hydrogen) atoms. The summed E-state index contributed by atoms with van der Waals surface area (Å²) >= 11 is 0. The van der Waals surface area contributed by atoms with Gasteiger partial charge in [0.1, 0.15) is 17.6 Å². The summed E-state index contributed by atoms with van der Waals surface area (Å²) in [4.78, 5) is 45.9. The number of imidazole rings is 1. The number of aromatic amines is 2. The van der Waals surface area contributed by atoms with Gasteiger partial charge in [0.15, 0.2) is 0 Å². The molecule has 3 N–H and O–H groups in total. The molecule has 0 fully saturated rings. The number of hydrogen-bond acceptors (Lipinski definition) is 5. The molecular formula is C19H13N5O4. The number of H-pyrrole nitrogens is 2. The lowest BCUT2D eigenvalue weighted by molar-refractivity contribution is -0.116. The molecular weight excluding hydrogens is 362 g/mol. The highest BCUT2D eigenvalue weighted by Crippen LogP contribution is 2.24. The van der Waals surface area contributed by atoms with E-state index in [1.54, 1.807) is 24.3 Å². The Morgan fingerprint density at radius 2 is 1.93 bits per heavy atom. The van der Waals surface area contributed by atoms with Crippen LogP contribution in [0.1, 0.15) is 0 Å². The molecule has 9 nitrogen and oxygen atoms in total. The lowest BCUT2D eigenvalue weighted by Gasteiger charge is -2.07. The maximum absolute atomic E-state index is 12.7. The Hall–Kier alpha value is -4.14. The number of carbonyl (C=O) groups excluding carboxylic acids is 1. The quantitative estimate of drug-likeness (QED) is 0.444. The average Bonchev–Trinajstić information content (AvgIpc) is 3.23. The first kappa shape index (κ1) is 16.1. The number of aromatic nitrogens is 4. The Bertz CT molecular complexity index is 1490. The number of rotatable bonds is 3. The summed E-state index contributed by atoms with van der Waals surface area (Å²) < 4.78 is 6.80. The third-order valence-corrected chi connectivity index (χ3v) is 4.46. The summed E-state index contributed by atoms with van der Waals surface area (Å²) in [5.41, 5.74) is 2.11. The van der Waals surface area contributed by atoms with E-state index in [4.69, 9.17) is 4.42 Å². The molecule has 1 amide bonds. The predicted molar refractivity (Wildman–Crippen MR) is 103 cm³/mol.